The minimum atomic E-state index is -0.337. The fourth-order valence-corrected chi connectivity index (χ4v) is 7.59. The van der Waals surface area contributed by atoms with E-state index in [4.69, 9.17) is 4.74 Å². The van der Waals surface area contributed by atoms with Crippen molar-refractivity contribution in [3.63, 3.8) is 0 Å². The summed E-state index contributed by atoms with van der Waals surface area (Å²) < 4.78 is 5.22. The zero-order chi connectivity index (χ0) is 17.2. The van der Waals surface area contributed by atoms with Crippen LogP contribution in [-0.2, 0) is 14.3 Å². The van der Waals surface area contributed by atoms with Gasteiger partial charge in [-0.15, -0.1) is 0 Å². The van der Waals surface area contributed by atoms with E-state index in [1.54, 1.807) is 0 Å². The van der Waals surface area contributed by atoms with E-state index in [2.05, 4.69) is 19.9 Å². The molecule has 3 nitrogen and oxygen atoms in total. The van der Waals surface area contributed by atoms with Crippen LogP contribution in [0.5, 0.6) is 0 Å². The number of fused-ring (bicyclic) bond motifs is 3. The fourth-order valence-electron chi connectivity index (χ4n) is 7.59. The van der Waals surface area contributed by atoms with Gasteiger partial charge in [-0.1, -0.05) is 19.4 Å². The zero-order valence-electron chi connectivity index (χ0n) is 15.3. The molecule has 0 N–H and O–H groups in total. The van der Waals surface area contributed by atoms with E-state index in [-0.39, 0.29) is 22.2 Å². The number of ether oxygens (including phenoxy) is 1. The molecule has 0 aromatic heterocycles. The third kappa shape index (κ3) is 1.90. The van der Waals surface area contributed by atoms with Gasteiger partial charge in [-0.3, -0.25) is 9.59 Å². The van der Waals surface area contributed by atoms with Crippen LogP contribution in [-0.4, -0.2) is 19.4 Å². The third-order valence-corrected chi connectivity index (χ3v) is 8.51. The van der Waals surface area contributed by atoms with Crippen molar-refractivity contribution in [1.82, 2.24) is 0 Å². The van der Waals surface area contributed by atoms with Crippen molar-refractivity contribution < 1.29 is 14.3 Å². The second kappa shape index (κ2) is 5.19. The number of hydrogen-bond acceptors (Lipinski definition) is 3. The molecule has 4 aliphatic rings. The first-order valence-corrected chi connectivity index (χ1v) is 9.66. The van der Waals surface area contributed by atoms with Crippen molar-refractivity contribution in [2.45, 2.75) is 65.2 Å². The van der Waals surface area contributed by atoms with Gasteiger partial charge in [0.1, 0.15) is 6.29 Å². The summed E-state index contributed by atoms with van der Waals surface area (Å²) in [6.07, 6.45) is 12.5. The Balaban J connectivity index is 1.75. The topological polar surface area (TPSA) is 43.4 Å². The molecule has 0 heterocycles. The van der Waals surface area contributed by atoms with Crippen LogP contribution in [0.15, 0.2) is 11.6 Å². The first-order valence-electron chi connectivity index (χ1n) is 9.66. The van der Waals surface area contributed by atoms with Gasteiger partial charge in [0, 0.05) is 0 Å². The number of carbonyl (C=O) groups is 2. The van der Waals surface area contributed by atoms with Gasteiger partial charge in [0.05, 0.1) is 12.5 Å². The number of rotatable bonds is 2. The summed E-state index contributed by atoms with van der Waals surface area (Å²) >= 11 is 0. The van der Waals surface area contributed by atoms with E-state index in [0.29, 0.717) is 17.8 Å². The van der Waals surface area contributed by atoms with Crippen LogP contribution in [0.4, 0.5) is 0 Å². The van der Waals surface area contributed by atoms with Gasteiger partial charge < -0.3 is 4.74 Å². The van der Waals surface area contributed by atoms with Gasteiger partial charge in [0.2, 0.25) is 0 Å². The lowest BCUT2D eigenvalue weighted by Gasteiger charge is -2.63. The van der Waals surface area contributed by atoms with Crippen LogP contribution < -0.4 is 0 Å². The Hall–Kier alpha value is -1.12. The summed E-state index contributed by atoms with van der Waals surface area (Å²) in [6, 6.07) is 0. The van der Waals surface area contributed by atoms with Gasteiger partial charge in [-0.05, 0) is 86.0 Å². The van der Waals surface area contributed by atoms with E-state index in [9.17, 15) is 9.59 Å². The molecule has 2 bridgehead atoms. The van der Waals surface area contributed by atoms with Crippen LogP contribution in [0.1, 0.15) is 65.2 Å². The predicted octanol–water partition coefficient (Wildman–Crippen LogP) is 4.31. The minimum absolute atomic E-state index is 0.0152. The Kier molecular flexibility index (Phi) is 3.54. The van der Waals surface area contributed by atoms with E-state index in [0.717, 1.165) is 44.0 Å². The number of aldehydes is 1. The average Bonchev–Trinajstić information content (AvgIpc) is 2.84. The summed E-state index contributed by atoms with van der Waals surface area (Å²) in [5.41, 5.74) is 1.14. The molecule has 0 aromatic carbocycles. The Morgan fingerprint density at radius 1 is 1.17 bits per heavy atom. The Labute approximate surface area is 145 Å². The SMILES string of the molecule is COC(=O)[C@]1(C)CCC[C@@]2(C)[C@@H]3CC[C@@H]4C[C@]3(C=C4C=O)CC[C@@H]21. The second-order valence-electron chi connectivity index (χ2n) is 9.39. The molecular weight excluding hydrogens is 300 g/mol. The van der Waals surface area contributed by atoms with Crippen molar-refractivity contribution in [3.05, 3.63) is 11.6 Å². The molecule has 0 aliphatic heterocycles. The molecule has 3 saturated carbocycles. The smallest absolute Gasteiger partial charge is 0.311 e. The van der Waals surface area contributed by atoms with Gasteiger partial charge in [-0.25, -0.2) is 0 Å². The number of methoxy groups -OCH3 is 1. The van der Waals surface area contributed by atoms with Crippen LogP contribution in [0.3, 0.4) is 0 Å². The lowest BCUT2D eigenvalue weighted by molar-refractivity contribution is -0.180. The molecule has 3 heteroatoms. The number of allylic oxidation sites excluding steroid dienone is 2. The van der Waals surface area contributed by atoms with Crippen molar-refractivity contribution >= 4 is 12.3 Å². The van der Waals surface area contributed by atoms with Crippen molar-refractivity contribution in [1.29, 1.82) is 0 Å². The molecule has 0 radical (unpaired) electrons. The van der Waals surface area contributed by atoms with E-state index >= 15 is 0 Å². The summed E-state index contributed by atoms with van der Waals surface area (Å²) in [6.45, 7) is 4.59. The van der Waals surface area contributed by atoms with Crippen molar-refractivity contribution in [3.8, 4) is 0 Å². The third-order valence-electron chi connectivity index (χ3n) is 8.51. The van der Waals surface area contributed by atoms with Gasteiger partial charge >= 0.3 is 5.97 Å². The minimum Gasteiger partial charge on any atom is -0.469 e. The van der Waals surface area contributed by atoms with Crippen LogP contribution in [0.2, 0.25) is 0 Å². The number of carbonyl (C=O) groups excluding carboxylic acids is 2. The monoisotopic (exact) mass is 330 g/mol. The van der Waals surface area contributed by atoms with E-state index in [1.807, 2.05) is 0 Å². The molecule has 0 unspecified atom stereocenters. The molecule has 1 spiro atoms. The molecule has 4 rings (SSSR count). The molecule has 0 aromatic rings. The molecule has 0 amide bonds. The Morgan fingerprint density at radius 3 is 2.67 bits per heavy atom. The highest BCUT2D eigenvalue weighted by Gasteiger charge is 2.64. The summed E-state index contributed by atoms with van der Waals surface area (Å²) in [5, 5.41) is 0. The lowest BCUT2D eigenvalue weighted by Crippen LogP contribution is -2.58. The van der Waals surface area contributed by atoms with E-state index in [1.165, 1.54) is 26.4 Å². The largest absolute Gasteiger partial charge is 0.469 e. The standard InChI is InChI=1S/C21H30O3/c1-19-8-4-9-20(2,18(23)24-3)16(19)7-10-21-11-14(5-6-17(19)21)15(12-21)13-22/h12-14,16-17H,4-11H2,1-3H3/t14-,16+,17+,19-,20-,21+/m1/s1. The van der Waals surface area contributed by atoms with Crippen molar-refractivity contribution in [2.24, 2.45) is 34.0 Å². The van der Waals surface area contributed by atoms with Crippen LogP contribution in [0, 0.1) is 34.0 Å². The highest BCUT2D eigenvalue weighted by Crippen LogP contribution is 2.70. The Bertz CT molecular complexity index is 608. The Morgan fingerprint density at radius 2 is 1.96 bits per heavy atom. The van der Waals surface area contributed by atoms with Gasteiger partial charge in [0.15, 0.2) is 0 Å². The molecular formula is C21H30O3. The highest BCUT2D eigenvalue weighted by atomic mass is 16.5. The van der Waals surface area contributed by atoms with Gasteiger partial charge in [-0.2, -0.15) is 0 Å². The van der Waals surface area contributed by atoms with E-state index < -0.39 is 0 Å². The molecule has 3 fully saturated rings. The quantitative estimate of drug-likeness (QED) is 0.560. The normalized spacial score (nSPS) is 49.6. The molecule has 4 aliphatic carbocycles. The maximum atomic E-state index is 12.6. The first-order chi connectivity index (χ1) is 11.4. The maximum Gasteiger partial charge on any atom is 0.311 e. The molecule has 0 saturated heterocycles. The highest BCUT2D eigenvalue weighted by molar-refractivity contribution is 5.77. The number of esters is 1. The maximum absolute atomic E-state index is 12.6. The zero-order valence-corrected chi connectivity index (χ0v) is 15.3. The fraction of sp³-hybridized carbons (Fsp3) is 0.810. The van der Waals surface area contributed by atoms with Crippen LogP contribution in [0.25, 0.3) is 0 Å². The molecule has 6 atom stereocenters. The van der Waals surface area contributed by atoms with Crippen molar-refractivity contribution in [2.75, 3.05) is 7.11 Å². The van der Waals surface area contributed by atoms with Crippen LogP contribution >= 0.6 is 0 Å². The first kappa shape index (κ1) is 16.4. The number of hydrogen-bond donors (Lipinski definition) is 0. The lowest BCUT2D eigenvalue weighted by atomic mass is 9.41. The average molecular weight is 330 g/mol. The summed E-state index contributed by atoms with van der Waals surface area (Å²) in [5.74, 6) is 1.50. The van der Waals surface area contributed by atoms with Gasteiger partial charge in [0.25, 0.3) is 0 Å². The summed E-state index contributed by atoms with van der Waals surface area (Å²) in [7, 11) is 1.53. The second-order valence-corrected chi connectivity index (χ2v) is 9.39. The molecule has 24 heavy (non-hydrogen) atoms. The predicted molar refractivity (Wildman–Crippen MR) is 92.2 cm³/mol. The molecule has 132 valence electrons. The summed E-state index contributed by atoms with van der Waals surface area (Å²) in [4.78, 5) is 24.1.